The lowest BCUT2D eigenvalue weighted by Crippen LogP contribution is -1.91. The van der Waals surface area contributed by atoms with Gasteiger partial charge in [-0.2, -0.15) is 0 Å². The van der Waals surface area contributed by atoms with Crippen molar-refractivity contribution in [3.05, 3.63) is 54.1 Å². The third-order valence-electron chi connectivity index (χ3n) is 2.46. The molecule has 0 radical (unpaired) electrons. The van der Waals surface area contributed by atoms with Crippen LogP contribution in [0.1, 0.15) is 5.56 Å². The second-order valence-corrected chi connectivity index (χ2v) is 3.40. The van der Waals surface area contributed by atoms with Gasteiger partial charge in [-0.25, -0.2) is 0 Å². The van der Waals surface area contributed by atoms with Crippen LogP contribution >= 0.6 is 0 Å². The molecule has 2 aromatic carbocycles. The van der Waals surface area contributed by atoms with E-state index in [2.05, 4.69) is 5.92 Å². The molecule has 1 heteroatoms. The van der Waals surface area contributed by atoms with Gasteiger partial charge in [0, 0.05) is 5.56 Å². The van der Waals surface area contributed by atoms with Gasteiger partial charge in [-0.3, -0.25) is 0 Å². The van der Waals surface area contributed by atoms with Gasteiger partial charge in [-0.05, 0) is 11.6 Å². The van der Waals surface area contributed by atoms with Crippen molar-refractivity contribution < 1.29 is 4.74 Å². The predicted octanol–water partition coefficient (Wildman–Crippen LogP) is 3.34. The van der Waals surface area contributed by atoms with Crippen LogP contribution in [-0.4, -0.2) is 7.11 Å². The summed E-state index contributed by atoms with van der Waals surface area (Å²) in [5, 5.41) is 0. The monoisotopic (exact) mass is 208 g/mol. The number of terminal acetylenes is 1. The minimum Gasteiger partial charge on any atom is -0.495 e. The fourth-order valence-electron chi connectivity index (χ4n) is 1.72. The van der Waals surface area contributed by atoms with Crippen molar-refractivity contribution in [2.45, 2.75) is 0 Å². The average molecular weight is 208 g/mol. The Hall–Kier alpha value is -2.20. The Morgan fingerprint density at radius 2 is 1.75 bits per heavy atom. The van der Waals surface area contributed by atoms with E-state index in [1.165, 1.54) is 0 Å². The highest BCUT2D eigenvalue weighted by molar-refractivity contribution is 5.73. The van der Waals surface area contributed by atoms with Gasteiger partial charge in [0.2, 0.25) is 0 Å². The van der Waals surface area contributed by atoms with E-state index in [1.807, 2.05) is 48.5 Å². The highest BCUT2D eigenvalue weighted by Gasteiger charge is 2.08. The van der Waals surface area contributed by atoms with Crippen LogP contribution in [0.4, 0.5) is 0 Å². The van der Waals surface area contributed by atoms with E-state index in [0.717, 1.165) is 22.4 Å². The minimum absolute atomic E-state index is 0.760. The zero-order valence-corrected chi connectivity index (χ0v) is 9.10. The Morgan fingerprint density at radius 3 is 2.38 bits per heavy atom. The lowest BCUT2D eigenvalue weighted by molar-refractivity contribution is 0.415. The smallest absolute Gasteiger partial charge is 0.142 e. The average Bonchev–Trinajstić information content (AvgIpc) is 2.38. The summed E-state index contributed by atoms with van der Waals surface area (Å²) in [5.41, 5.74) is 2.92. The maximum atomic E-state index is 5.44. The first-order chi connectivity index (χ1) is 7.86. The molecule has 78 valence electrons. The topological polar surface area (TPSA) is 9.23 Å². The first-order valence-corrected chi connectivity index (χ1v) is 5.06. The van der Waals surface area contributed by atoms with Crippen molar-refractivity contribution in [2.24, 2.45) is 0 Å². The summed E-state index contributed by atoms with van der Waals surface area (Å²) in [7, 11) is 1.64. The number of ether oxygens (including phenoxy) is 1. The predicted molar refractivity (Wildman–Crippen MR) is 66.4 cm³/mol. The van der Waals surface area contributed by atoms with E-state index in [1.54, 1.807) is 7.11 Å². The van der Waals surface area contributed by atoms with Crippen molar-refractivity contribution in [2.75, 3.05) is 7.11 Å². The van der Waals surface area contributed by atoms with Gasteiger partial charge in [0.25, 0.3) is 0 Å². The molecule has 0 spiro atoms. The first-order valence-electron chi connectivity index (χ1n) is 5.06. The maximum absolute atomic E-state index is 5.44. The normalized spacial score (nSPS) is 9.50. The van der Waals surface area contributed by atoms with Crippen LogP contribution in [0.25, 0.3) is 11.1 Å². The number of methoxy groups -OCH3 is 1. The summed E-state index contributed by atoms with van der Waals surface area (Å²) >= 11 is 0. The summed E-state index contributed by atoms with van der Waals surface area (Å²) in [5.74, 6) is 3.39. The standard InChI is InChI=1S/C15H12O/c1-3-12-10-7-11-14(15(12)16-2)13-8-5-4-6-9-13/h1,4-11H,2H3. The molecule has 16 heavy (non-hydrogen) atoms. The van der Waals surface area contributed by atoms with E-state index in [9.17, 15) is 0 Å². The molecular formula is C15H12O. The molecule has 0 saturated heterocycles. The molecule has 0 saturated carbocycles. The molecule has 2 aromatic rings. The maximum Gasteiger partial charge on any atom is 0.142 e. The van der Waals surface area contributed by atoms with Crippen molar-refractivity contribution in [1.29, 1.82) is 0 Å². The fraction of sp³-hybridized carbons (Fsp3) is 0.0667. The van der Waals surface area contributed by atoms with E-state index < -0.39 is 0 Å². The first kappa shape index (κ1) is 10.3. The van der Waals surface area contributed by atoms with Crippen LogP contribution in [0.15, 0.2) is 48.5 Å². The molecule has 0 amide bonds. The van der Waals surface area contributed by atoms with Gasteiger partial charge in [0.15, 0.2) is 0 Å². The summed E-state index contributed by atoms with van der Waals surface area (Å²) < 4.78 is 5.38. The molecule has 0 fully saturated rings. The van der Waals surface area contributed by atoms with Gasteiger partial charge in [0.1, 0.15) is 5.75 Å². The van der Waals surface area contributed by atoms with Crippen LogP contribution in [0.2, 0.25) is 0 Å². The Balaban J connectivity index is 2.62. The second-order valence-electron chi connectivity index (χ2n) is 3.40. The van der Waals surface area contributed by atoms with E-state index in [-0.39, 0.29) is 0 Å². The number of hydrogen-bond acceptors (Lipinski definition) is 1. The van der Waals surface area contributed by atoms with Crippen LogP contribution in [0.5, 0.6) is 5.75 Å². The molecular weight excluding hydrogens is 196 g/mol. The fourth-order valence-corrected chi connectivity index (χ4v) is 1.72. The van der Waals surface area contributed by atoms with E-state index in [4.69, 9.17) is 11.2 Å². The van der Waals surface area contributed by atoms with Gasteiger partial charge in [-0.1, -0.05) is 48.4 Å². The molecule has 0 aromatic heterocycles. The molecule has 0 aliphatic carbocycles. The number of rotatable bonds is 2. The minimum atomic E-state index is 0.760. The van der Waals surface area contributed by atoms with E-state index in [0.29, 0.717) is 0 Å². The molecule has 0 bridgehead atoms. The van der Waals surface area contributed by atoms with Gasteiger partial charge in [0.05, 0.1) is 12.7 Å². The van der Waals surface area contributed by atoms with Crippen molar-refractivity contribution in [3.8, 4) is 29.2 Å². The van der Waals surface area contributed by atoms with Crippen molar-refractivity contribution in [3.63, 3.8) is 0 Å². The van der Waals surface area contributed by atoms with Crippen LogP contribution in [-0.2, 0) is 0 Å². The van der Waals surface area contributed by atoms with Gasteiger partial charge >= 0.3 is 0 Å². The quantitative estimate of drug-likeness (QED) is 0.688. The molecule has 0 atom stereocenters. The third kappa shape index (κ3) is 1.78. The van der Waals surface area contributed by atoms with Crippen molar-refractivity contribution >= 4 is 0 Å². The molecule has 0 aliphatic heterocycles. The van der Waals surface area contributed by atoms with E-state index >= 15 is 0 Å². The SMILES string of the molecule is C#Cc1cccc(-c2ccccc2)c1OC. The largest absolute Gasteiger partial charge is 0.495 e. The second kappa shape index (κ2) is 4.55. The zero-order chi connectivity index (χ0) is 11.4. The van der Waals surface area contributed by atoms with Crippen LogP contribution in [0, 0.1) is 12.3 Å². The molecule has 0 unspecified atom stereocenters. The Kier molecular flexibility index (Phi) is 2.93. The molecule has 1 nitrogen and oxygen atoms in total. The number of para-hydroxylation sites is 1. The van der Waals surface area contributed by atoms with Gasteiger partial charge in [-0.15, -0.1) is 6.42 Å². The molecule has 2 rings (SSSR count). The Bertz CT molecular complexity index is 521. The third-order valence-corrected chi connectivity index (χ3v) is 2.46. The van der Waals surface area contributed by atoms with Gasteiger partial charge < -0.3 is 4.74 Å². The molecule has 0 aliphatic rings. The van der Waals surface area contributed by atoms with Crippen LogP contribution < -0.4 is 4.74 Å². The lowest BCUT2D eigenvalue weighted by atomic mass is 10.0. The Labute approximate surface area is 95.7 Å². The summed E-state index contributed by atoms with van der Waals surface area (Å²) in [6, 6.07) is 15.9. The van der Waals surface area contributed by atoms with Crippen molar-refractivity contribution in [1.82, 2.24) is 0 Å². The molecule has 0 heterocycles. The number of hydrogen-bond donors (Lipinski definition) is 0. The molecule has 0 N–H and O–H groups in total. The highest BCUT2D eigenvalue weighted by atomic mass is 16.5. The lowest BCUT2D eigenvalue weighted by Gasteiger charge is -2.10. The van der Waals surface area contributed by atoms with Crippen LogP contribution in [0.3, 0.4) is 0 Å². The summed E-state index contributed by atoms with van der Waals surface area (Å²) in [4.78, 5) is 0. The highest BCUT2D eigenvalue weighted by Crippen LogP contribution is 2.32. The summed E-state index contributed by atoms with van der Waals surface area (Å²) in [6.45, 7) is 0. The zero-order valence-electron chi connectivity index (χ0n) is 9.10. The number of benzene rings is 2. The summed E-state index contributed by atoms with van der Waals surface area (Å²) in [6.07, 6.45) is 5.44. The Morgan fingerprint density at radius 1 is 1.00 bits per heavy atom.